The Kier molecular flexibility index (Phi) is 4.34. The molecule has 96 valence electrons. The molecule has 18 heavy (non-hydrogen) atoms. The van der Waals surface area contributed by atoms with Crippen LogP contribution in [0.2, 0.25) is 0 Å². The van der Waals surface area contributed by atoms with E-state index in [1.807, 2.05) is 18.2 Å². The molecule has 0 spiro atoms. The molecular weight excluding hydrogens is 224 g/mol. The molecule has 0 atom stereocenters. The van der Waals surface area contributed by atoms with Gasteiger partial charge in [0.25, 0.3) is 0 Å². The van der Waals surface area contributed by atoms with Crippen LogP contribution in [0, 0.1) is 0 Å². The molecule has 2 aromatic rings. The number of aliphatic hydroxyl groups is 2. The molecule has 0 aromatic heterocycles. The van der Waals surface area contributed by atoms with E-state index in [4.69, 9.17) is 0 Å². The number of hydrogen-bond donors (Lipinski definition) is 2. The van der Waals surface area contributed by atoms with E-state index in [1.54, 1.807) is 0 Å². The third kappa shape index (κ3) is 2.40. The molecule has 2 heteroatoms. The molecule has 0 bridgehead atoms. The zero-order valence-electron chi connectivity index (χ0n) is 10.8. The van der Waals surface area contributed by atoms with Gasteiger partial charge in [0.2, 0.25) is 0 Å². The molecular formula is C16H20O2. The van der Waals surface area contributed by atoms with Gasteiger partial charge in [-0.2, -0.15) is 0 Å². The Labute approximate surface area is 108 Å². The summed E-state index contributed by atoms with van der Waals surface area (Å²) >= 11 is 0. The Morgan fingerprint density at radius 1 is 1.00 bits per heavy atom. The number of benzene rings is 2. The third-order valence-electron chi connectivity index (χ3n) is 3.48. The van der Waals surface area contributed by atoms with Crippen molar-refractivity contribution in [1.82, 2.24) is 0 Å². The van der Waals surface area contributed by atoms with Crippen molar-refractivity contribution in [3.63, 3.8) is 0 Å². The molecule has 0 fully saturated rings. The summed E-state index contributed by atoms with van der Waals surface area (Å²) in [4.78, 5) is 0. The predicted octanol–water partition coefficient (Wildman–Crippen LogP) is 3.17. The molecule has 2 N–H and O–H groups in total. The standard InChI is InChI=1S/C16H20O2/c1-2-3-6-13-9-12-7-4-5-8-14(12)16(11-18)15(13)10-17/h4-5,7-9,17-18H,2-3,6,10-11H2,1H3. The van der Waals surface area contributed by atoms with Crippen molar-refractivity contribution in [1.29, 1.82) is 0 Å². The van der Waals surface area contributed by atoms with E-state index in [2.05, 4.69) is 19.1 Å². The fourth-order valence-electron chi connectivity index (χ4n) is 2.50. The fraction of sp³-hybridized carbons (Fsp3) is 0.375. The van der Waals surface area contributed by atoms with Crippen molar-refractivity contribution in [2.45, 2.75) is 39.4 Å². The van der Waals surface area contributed by atoms with Gasteiger partial charge < -0.3 is 10.2 Å². The van der Waals surface area contributed by atoms with Crippen LogP contribution in [-0.2, 0) is 19.6 Å². The Bertz CT molecular complexity index is 532. The fourth-order valence-corrected chi connectivity index (χ4v) is 2.50. The molecule has 0 aliphatic heterocycles. The van der Waals surface area contributed by atoms with Gasteiger partial charge in [0, 0.05) is 0 Å². The third-order valence-corrected chi connectivity index (χ3v) is 3.48. The Balaban J connectivity index is 2.62. The summed E-state index contributed by atoms with van der Waals surface area (Å²) in [5.74, 6) is 0. The first-order chi connectivity index (χ1) is 8.81. The van der Waals surface area contributed by atoms with Gasteiger partial charge in [0.1, 0.15) is 0 Å². The highest BCUT2D eigenvalue weighted by Gasteiger charge is 2.11. The van der Waals surface area contributed by atoms with Gasteiger partial charge >= 0.3 is 0 Å². The molecule has 0 heterocycles. The van der Waals surface area contributed by atoms with Crippen LogP contribution >= 0.6 is 0 Å². The van der Waals surface area contributed by atoms with E-state index in [0.29, 0.717) is 0 Å². The maximum atomic E-state index is 9.59. The minimum atomic E-state index is -0.0175. The average molecular weight is 244 g/mol. The smallest absolute Gasteiger partial charge is 0.0691 e. The average Bonchev–Trinajstić information content (AvgIpc) is 2.43. The van der Waals surface area contributed by atoms with Gasteiger partial charge in [-0.1, -0.05) is 43.7 Å². The Morgan fingerprint density at radius 2 is 1.72 bits per heavy atom. The Morgan fingerprint density at radius 3 is 2.39 bits per heavy atom. The second kappa shape index (κ2) is 5.98. The van der Waals surface area contributed by atoms with Crippen LogP contribution in [0.3, 0.4) is 0 Å². The summed E-state index contributed by atoms with van der Waals surface area (Å²) in [6.07, 6.45) is 3.20. The van der Waals surface area contributed by atoms with Crippen molar-refractivity contribution in [3.05, 3.63) is 47.0 Å². The van der Waals surface area contributed by atoms with E-state index in [-0.39, 0.29) is 13.2 Å². The molecule has 2 nitrogen and oxygen atoms in total. The van der Waals surface area contributed by atoms with E-state index in [1.165, 1.54) is 5.56 Å². The molecule has 0 saturated heterocycles. The van der Waals surface area contributed by atoms with E-state index in [0.717, 1.165) is 41.2 Å². The quantitative estimate of drug-likeness (QED) is 0.848. The van der Waals surface area contributed by atoms with Gasteiger partial charge in [0.15, 0.2) is 0 Å². The van der Waals surface area contributed by atoms with Crippen molar-refractivity contribution in [3.8, 4) is 0 Å². The molecule has 2 aromatic carbocycles. The number of fused-ring (bicyclic) bond motifs is 1. The molecule has 0 aliphatic rings. The number of rotatable bonds is 5. The zero-order chi connectivity index (χ0) is 13.0. The lowest BCUT2D eigenvalue weighted by Crippen LogP contribution is -2.02. The molecule has 0 unspecified atom stereocenters. The lowest BCUT2D eigenvalue weighted by Gasteiger charge is -2.15. The summed E-state index contributed by atoms with van der Waals surface area (Å²) in [6.45, 7) is 2.14. The highest BCUT2D eigenvalue weighted by molar-refractivity contribution is 5.87. The van der Waals surface area contributed by atoms with Crippen LogP contribution in [0.5, 0.6) is 0 Å². The normalized spacial score (nSPS) is 11.1. The summed E-state index contributed by atoms with van der Waals surface area (Å²) in [7, 11) is 0. The predicted molar refractivity (Wildman–Crippen MR) is 74.4 cm³/mol. The number of unbranched alkanes of at least 4 members (excludes halogenated alkanes) is 1. The van der Waals surface area contributed by atoms with Crippen LogP contribution in [0.15, 0.2) is 30.3 Å². The van der Waals surface area contributed by atoms with Gasteiger partial charge in [-0.3, -0.25) is 0 Å². The number of aliphatic hydroxyl groups excluding tert-OH is 2. The summed E-state index contributed by atoms with van der Waals surface area (Å²) < 4.78 is 0. The monoisotopic (exact) mass is 244 g/mol. The van der Waals surface area contributed by atoms with E-state index < -0.39 is 0 Å². The SMILES string of the molecule is CCCCc1cc2ccccc2c(CO)c1CO. The highest BCUT2D eigenvalue weighted by atomic mass is 16.3. The van der Waals surface area contributed by atoms with Crippen LogP contribution < -0.4 is 0 Å². The number of hydrogen-bond acceptors (Lipinski definition) is 2. The van der Waals surface area contributed by atoms with E-state index >= 15 is 0 Å². The summed E-state index contributed by atoms with van der Waals surface area (Å²) in [6, 6.07) is 10.2. The first-order valence-corrected chi connectivity index (χ1v) is 6.55. The lowest BCUT2D eigenvalue weighted by molar-refractivity contribution is 0.260. The van der Waals surface area contributed by atoms with E-state index in [9.17, 15) is 10.2 Å². The first kappa shape index (κ1) is 13.1. The lowest BCUT2D eigenvalue weighted by atomic mass is 9.92. The number of aryl methyl sites for hydroxylation is 1. The highest BCUT2D eigenvalue weighted by Crippen LogP contribution is 2.27. The van der Waals surface area contributed by atoms with Gasteiger partial charge in [-0.25, -0.2) is 0 Å². The second-order valence-corrected chi connectivity index (χ2v) is 4.63. The first-order valence-electron chi connectivity index (χ1n) is 6.55. The van der Waals surface area contributed by atoms with Crippen molar-refractivity contribution >= 4 is 10.8 Å². The maximum absolute atomic E-state index is 9.59. The van der Waals surface area contributed by atoms with Crippen molar-refractivity contribution in [2.24, 2.45) is 0 Å². The van der Waals surface area contributed by atoms with Gasteiger partial charge in [0.05, 0.1) is 13.2 Å². The summed E-state index contributed by atoms with van der Waals surface area (Å²) in [5, 5.41) is 21.4. The van der Waals surface area contributed by atoms with Gasteiger partial charge in [-0.05, 0) is 40.3 Å². The summed E-state index contributed by atoms with van der Waals surface area (Å²) in [5.41, 5.74) is 2.95. The zero-order valence-corrected chi connectivity index (χ0v) is 10.8. The van der Waals surface area contributed by atoms with Crippen LogP contribution in [0.1, 0.15) is 36.5 Å². The Hall–Kier alpha value is -1.38. The minimum Gasteiger partial charge on any atom is -0.392 e. The topological polar surface area (TPSA) is 40.5 Å². The maximum Gasteiger partial charge on any atom is 0.0691 e. The van der Waals surface area contributed by atoms with Crippen molar-refractivity contribution < 1.29 is 10.2 Å². The van der Waals surface area contributed by atoms with Crippen LogP contribution in [-0.4, -0.2) is 10.2 Å². The van der Waals surface area contributed by atoms with Gasteiger partial charge in [-0.15, -0.1) is 0 Å². The molecule has 2 rings (SSSR count). The second-order valence-electron chi connectivity index (χ2n) is 4.63. The van der Waals surface area contributed by atoms with Crippen LogP contribution in [0.4, 0.5) is 0 Å². The molecule has 0 amide bonds. The molecule has 0 radical (unpaired) electrons. The largest absolute Gasteiger partial charge is 0.392 e. The molecule has 0 saturated carbocycles. The van der Waals surface area contributed by atoms with Crippen LogP contribution in [0.25, 0.3) is 10.8 Å². The minimum absolute atomic E-state index is 0.000223. The molecule has 0 aliphatic carbocycles. The van der Waals surface area contributed by atoms with Crippen molar-refractivity contribution in [2.75, 3.05) is 0 Å².